The molecule has 0 bridgehead atoms. The molecule has 1 aliphatic rings. The highest BCUT2D eigenvalue weighted by molar-refractivity contribution is 6.10. The molecule has 118 valence electrons. The van der Waals surface area contributed by atoms with E-state index in [0.717, 1.165) is 0 Å². The quantitative estimate of drug-likeness (QED) is 0.640. The normalized spacial score (nSPS) is 12.1. The summed E-state index contributed by atoms with van der Waals surface area (Å²) in [5, 5.41) is 0. The number of hydrogen-bond donors (Lipinski definition) is 0. The fraction of sp³-hybridized carbons (Fsp3) is 0.176. The van der Waals surface area contributed by atoms with Gasteiger partial charge in [0.1, 0.15) is 5.82 Å². The van der Waals surface area contributed by atoms with Crippen LogP contribution in [-0.4, -0.2) is 25.7 Å². The minimum absolute atomic E-state index is 0.0567. The molecule has 0 atom stereocenters. The molecule has 1 aliphatic heterocycles. The van der Waals surface area contributed by atoms with Crippen molar-refractivity contribution in [1.82, 2.24) is 0 Å². The lowest BCUT2D eigenvalue weighted by Crippen LogP contribution is -2.11. The molecule has 0 N–H and O–H groups in total. The van der Waals surface area contributed by atoms with E-state index in [9.17, 15) is 14.0 Å². The van der Waals surface area contributed by atoms with Gasteiger partial charge in [0.25, 0.3) is 0 Å². The third-order valence-corrected chi connectivity index (χ3v) is 3.51. The number of hydrogen-bond acceptors (Lipinski definition) is 5. The summed E-state index contributed by atoms with van der Waals surface area (Å²) in [5.74, 6) is -0.329. The zero-order valence-electron chi connectivity index (χ0n) is 12.3. The molecule has 0 unspecified atom stereocenters. The van der Waals surface area contributed by atoms with Crippen molar-refractivity contribution >= 4 is 11.8 Å². The summed E-state index contributed by atoms with van der Waals surface area (Å²) in [7, 11) is 1.27. The zero-order chi connectivity index (χ0) is 16.4. The van der Waals surface area contributed by atoms with Crippen LogP contribution in [-0.2, 0) is 16.0 Å². The van der Waals surface area contributed by atoms with E-state index in [2.05, 4.69) is 4.74 Å². The van der Waals surface area contributed by atoms with Crippen LogP contribution in [0.25, 0.3) is 0 Å². The largest absolute Gasteiger partial charge is 0.469 e. The lowest BCUT2D eigenvalue weighted by Gasteiger charge is -2.10. The van der Waals surface area contributed by atoms with Crippen molar-refractivity contribution < 1.29 is 28.2 Å². The second kappa shape index (κ2) is 6.08. The summed E-state index contributed by atoms with van der Waals surface area (Å²) < 4.78 is 28.2. The molecular formula is C17H13FO5. The number of fused-ring (bicyclic) bond motifs is 1. The first-order chi connectivity index (χ1) is 11.1. The topological polar surface area (TPSA) is 61.8 Å². The Bertz CT molecular complexity index is 767. The Morgan fingerprint density at radius 2 is 1.78 bits per heavy atom. The molecule has 0 amide bonds. The van der Waals surface area contributed by atoms with Crippen molar-refractivity contribution in [2.75, 3.05) is 13.9 Å². The molecule has 2 aromatic carbocycles. The van der Waals surface area contributed by atoms with E-state index in [0.29, 0.717) is 28.2 Å². The molecule has 0 aromatic heterocycles. The third-order valence-electron chi connectivity index (χ3n) is 3.51. The van der Waals surface area contributed by atoms with Crippen molar-refractivity contribution in [3.8, 4) is 11.5 Å². The molecule has 0 radical (unpaired) electrons. The predicted molar refractivity (Wildman–Crippen MR) is 78.1 cm³/mol. The zero-order valence-corrected chi connectivity index (χ0v) is 12.3. The minimum Gasteiger partial charge on any atom is -0.469 e. The van der Waals surface area contributed by atoms with Gasteiger partial charge in [-0.25, -0.2) is 4.39 Å². The summed E-state index contributed by atoms with van der Waals surface area (Å²) in [6, 6.07) is 8.33. The van der Waals surface area contributed by atoms with Gasteiger partial charge in [-0.3, -0.25) is 9.59 Å². The molecule has 2 aromatic rings. The van der Waals surface area contributed by atoms with E-state index in [1.54, 1.807) is 6.07 Å². The van der Waals surface area contributed by atoms with Crippen LogP contribution in [0.5, 0.6) is 11.5 Å². The fourth-order valence-corrected chi connectivity index (χ4v) is 2.33. The summed E-state index contributed by atoms with van der Waals surface area (Å²) in [6.45, 7) is 0.0567. The smallest absolute Gasteiger partial charge is 0.310 e. The van der Waals surface area contributed by atoms with Gasteiger partial charge in [-0.1, -0.05) is 0 Å². The standard InChI is InChI=1S/C17H13FO5/c1-21-16(19)7-11-6-14-15(23-9-22-14)8-13(11)17(20)10-2-4-12(18)5-3-10/h2-6,8H,7,9H2,1H3. The first-order valence-electron chi connectivity index (χ1n) is 6.88. The van der Waals surface area contributed by atoms with Crippen LogP contribution in [0, 0.1) is 5.82 Å². The Morgan fingerprint density at radius 1 is 1.13 bits per heavy atom. The lowest BCUT2D eigenvalue weighted by atomic mass is 9.96. The predicted octanol–water partition coefficient (Wildman–Crippen LogP) is 2.50. The van der Waals surface area contributed by atoms with Crippen LogP contribution in [0.1, 0.15) is 21.5 Å². The van der Waals surface area contributed by atoms with Crippen LogP contribution < -0.4 is 9.47 Å². The van der Waals surface area contributed by atoms with Crippen molar-refractivity contribution in [3.05, 3.63) is 58.9 Å². The van der Waals surface area contributed by atoms with Gasteiger partial charge >= 0.3 is 5.97 Å². The molecule has 3 rings (SSSR count). The molecule has 6 heteroatoms. The van der Waals surface area contributed by atoms with Crippen LogP contribution in [0.15, 0.2) is 36.4 Å². The van der Waals surface area contributed by atoms with Crippen LogP contribution in [0.4, 0.5) is 4.39 Å². The van der Waals surface area contributed by atoms with Crippen molar-refractivity contribution in [2.24, 2.45) is 0 Å². The van der Waals surface area contributed by atoms with Gasteiger partial charge in [0, 0.05) is 11.1 Å². The van der Waals surface area contributed by atoms with E-state index in [1.807, 2.05) is 0 Å². The Kier molecular flexibility index (Phi) is 3.97. The van der Waals surface area contributed by atoms with E-state index >= 15 is 0 Å². The van der Waals surface area contributed by atoms with Crippen molar-refractivity contribution in [1.29, 1.82) is 0 Å². The number of ketones is 1. The summed E-state index contributed by atoms with van der Waals surface area (Å²) in [6.07, 6.45) is -0.0740. The van der Waals surface area contributed by atoms with Gasteiger partial charge in [-0.05, 0) is 42.0 Å². The third kappa shape index (κ3) is 3.01. The summed E-state index contributed by atoms with van der Waals surface area (Å²) in [5.41, 5.74) is 1.08. The molecule has 0 fully saturated rings. The van der Waals surface area contributed by atoms with Crippen molar-refractivity contribution in [2.45, 2.75) is 6.42 Å². The monoisotopic (exact) mass is 316 g/mol. The average Bonchev–Trinajstić information content (AvgIpc) is 3.01. The van der Waals surface area contributed by atoms with E-state index in [4.69, 9.17) is 9.47 Å². The number of ether oxygens (including phenoxy) is 3. The van der Waals surface area contributed by atoms with Crippen LogP contribution >= 0.6 is 0 Å². The van der Waals surface area contributed by atoms with Crippen LogP contribution in [0.2, 0.25) is 0 Å². The van der Waals surface area contributed by atoms with E-state index in [-0.39, 0.29) is 19.0 Å². The van der Waals surface area contributed by atoms with Gasteiger partial charge in [0.05, 0.1) is 13.5 Å². The maximum Gasteiger partial charge on any atom is 0.310 e. The van der Waals surface area contributed by atoms with Gasteiger partial charge < -0.3 is 14.2 Å². The number of methoxy groups -OCH3 is 1. The second-order valence-electron chi connectivity index (χ2n) is 4.95. The Hall–Kier alpha value is -2.89. The Balaban J connectivity index is 2.03. The number of carbonyl (C=O) groups excluding carboxylic acids is 2. The first kappa shape index (κ1) is 15.0. The molecule has 0 saturated heterocycles. The molecule has 0 spiro atoms. The van der Waals surface area contributed by atoms with Gasteiger partial charge in [0.15, 0.2) is 17.3 Å². The summed E-state index contributed by atoms with van der Waals surface area (Å²) >= 11 is 0. The molecular weight excluding hydrogens is 303 g/mol. The fourth-order valence-electron chi connectivity index (χ4n) is 2.33. The van der Waals surface area contributed by atoms with E-state index < -0.39 is 11.8 Å². The molecule has 0 saturated carbocycles. The minimum atomic E-state index is -0.475. The van der Waals surface area contributed by atoms with E-state index in [1.165, 1.54) is 37.4 Å². The maximum atomic E-state index is 13.0. The van der Waals surface area contributed by atoms with Gasteiger partial charge in [-0.15, -0.1) is 0 Å². The second-order valence-corrected chi connectivity index (χ2v) is 4.95. The lowest BCUT2D eigenvalue weighted by molar-refractivity contribution is -0.139. The molecule has 0 aliphatic carbocycles. The highest BCUT2D eigenvalue weighted by atomic mass is 19.1. The molecule has 5 nitrogen and oxygen atoms in total. The highest BCUT2D eigenvalue weighted by Gasteiger charge is 2.23. The summed E-state index contributed by atoms with van der Waals surface area (Å²) in [4.78, 5) is 24.3. The van der Waals surface area contributed by atoms with Crippen molar-refractivity contribution in [3.63, 3.8) is 0 Å². The first-order valence-corrected chi connectivity index (χ1v) is 6.88. The SMILES string of the molecule is COC(=O)Cc1cc2c(cc1C(=O)c1ccc(F)cc1)OCO2. The van der Waals surface area contributed by atoms with Gasteiger partial charge in [0.2, 0.25) is 6.79 Å². The number of rotatable bonds is 4. The Morgan fingerprint density at radius 3 is 2.43 bits per heavy atom. The number of halogens is 1. The number of carbonyl (C=O) groups is 2. The molecule has 1 heterocycles. The number of benzene rings is 2. The van der Waals surface area contributed by atoms with Crippen LogP contribution in [0.3, 0.4) is 0 Å². The number of esters is 1. The molecule has 23 heavy (non-hydrogen) atoms. The maximum absolute atomic E-state index is 13.0. The Labute approximate surface area is 131 Å². The highest BCUT2D eigenvalue weighted by Crippen LogP contribution is 2.36. The van der Waals surface area contributed by atoms with Gasteiger partial charge in [-0.2, -0.15) is 0 Å². The average molecular weight is 316 g/mol.